The molecule has 3 aromatic rings. The van der Waals surface area contributed by atoms with Crippen molar-refractivity contribution in [2.24, 2.45) is 0 Å². The van der Waals surface area contributed by atoms with Gasteiger partial charge in [-0.05, 0) is 29.1 Å². The molecule has 1 amide bonds. The van der Waals surface area contributed by atoms with Crippen LogP contribution in [-0.4, -0.2) is 24.0 Å². The van der Waals surface area contributed by atoms with Gasteiger partial charge < -0.3 is 5.32 Å². The van der Waals surface area contributed by atoms with Crippen LogP contribution in [0.2, 0.25) is 0 Å². The maximum Gasteiger partial charge on any atom is 0.252 e. The number of thiophene rings is 1. The van der Waals surface area contributed by atoms with Crippen LogP contribution in [0.15, 0.2) is 66.0 Å². The second-order valence-electron chi connectivity index (χ2n) is 5.93. The molecule has 0 aliphatic rings. The predicted molar refractivity (Wildman–Crippen MR) is 114 cm³/mol. The Labute approximate surface area is 172 Å². The lowest BCUT2D eigenvalue weighted by molar-refractivity contribution is 0.0945. The molecule has 1 N–H and O–H groups in total. The summed E-state index contributed by atoms with van der Waals surface area (Å²) in [6.07, 6.45) is 0. The molecule has 0 fully saturated rings. The normalized spacial score (nSPS) is 10.2. The fourth-order valence-electron chi connectivity index (χ4n) is 2.69. The van der Waals surface area contributed by atoms with Crippen LogP contribution in [0.4, 0.5) is 0 Å². The van der Waals surface area contributed by atoms with Crippen molar-refractivity contribution in [1.29, 1.82) is 5.26 Å². The summed E-state index contributed by atoms with van der Waals surface area (Å²) in [4.78, 5) is 25.8. The zero-order valence-corrected chi connectivity index (χ0v) is 16.7. The molecule has 0 atom stereocenters. The molecule has 0 radical (unpaired) electrons. The van der Waals surface area contributed by atoms with Crippen LogP contribution in [0.5, 0.6) is 0 Å². The van der Waals surface area contributed by atoms with E-state index in [1.807, 2.05) is 29.6 Å². The van der Waals surface area contributed by atoms with Gasteiger partial charge in [-0.25, -0.2) is 0 Å². The number of thioether (sulfide) groups is 1. The minimum Gasteiger partial charge on any atom is -0.351 e. The van der Waals surface area contributed by atoms with Crippen molar-refractivity contribution >= 4 is 34.8 Å². The molecule has 4 nitrogen and oxygen atoms in total. The minimum atomic E-state index is -0.251. The molecule has 0 aliphatic heterocycles. The van der Waals surface area contributed by atoms with Crippen molar-refractivity contribution in [3.8, 4) is 6.07 Å². The van der Waals surface area contributed by atoms with E-state index >= 15 is 0 Å². The van der Waals surface area contributed by atoms with Gasteiger partial charge in [0.2, 0.25) is 5.78 Å². The predicted octanol–water partition coefficient (Wildman–Crippen LogP) is 4.51. The number of amides is 1. The molecule has 28 heavy (non-hydrogen) atoms. The van der Waals surface area contributed by atoms with Crippen molar-refractivity contribution in [2.45, 2.75) is 5.75 Å². The van der Waals surface area contributed by atoms with E-state index in [4.69, 9.17) is 5.26 Å². The quantitative estimate of drug-likeness (QED) is 0.441. The van der Waals surface area contributed by atoms with Gasteiger partial charge in [0.25, 0.3) is 5.91 Å². The zero-order valence-electron chi connectivity index (χ0n) is 15.1. The summed E-state index contributed by atoms with van der Waals surface area (Å²) in [5, 5.41) is 13.8. The van der Waals surface area contributed by atoms with Crippen molar-refractivity contribution in [1.82, 2.24) is 5.32 Å². The van der Waals surface area contributed by atoms with E-state index in [0.717, 1.165) is 5.56 Å². The van der Waals surface area contributed by atoms with Gasteiger partial charge in [0.1, 0.15) is 0 Å². The van der Waals surface area contributed by atoms with E-state index in [1.54, 1.807) is 48.2 Å². The van der Waals surface area contributed by atoms with Crippen LogP contribution >= 0.6 is 23.1 Å². The molecule has 0 spiro atoms. The second kappa shape index (κ2) is 9.88. The molecule has 3 rings (SSSR count). The number of hydrogen-bond donors (Lipinski definition) is 1. The Balaban J connectivity index is 1.55. The van der Waals surface area contributed by atoms with E-state index in [0.29, 0.717) is 39.6 Å². The monoisotopic (exact) mass is 406 g/mol. The average molecular weight is 407 g/mol. The highest BCUT2D eigenvalue weighted by atomic mass is 32.2. The molecule has 1 heterocycles. The van der Waals surface area contributed by atoms with Gasteiger partial charge >= 0.3 is 0 Å². The number of rotatable bonds is 8. The van der Waals surface area contributed by atoms with Gasteiger partial charge in [0, 0.05) is 23.6 Å². The third kappa shape index (κ3) is 4.89. The average Bonchev–Trinajstić information content (AvgIpc) is 3.28. The molecule has 0 saturated carbocycles. The Morgan fingerprint density at radius 2 is 1.75 bits per heavy atom. The van der Waals surface area contributed by atoms with E-state index < -0.39 is 0 Å². The molecule has 6 heteroatoms. The maximum atomic E-state index is 12.6. The topological polar surface area (TPSA) is 70.0 Å². The lowest BCUT2D eigenvalue weighted by Crippen LogP contribution is -2.27. The number of nitriles is 1. The van der Waals surface area contributed by atoms with Crippen molar-refractivity contribution in [2.75, 3.05) is 12.3 Å². The Bertz CT molecular complexity index is 1010. The molecule has 2 aromatic carbocycles. The first-order valence-corrected chi connectivity index (χ1v) is 10.8. The lowest BCUT2D eigenvalue weighted by atomic mass is 10.0. The number of carbonyl (C=O) groups is 2. The van der Waals surface area contributed by atoms with Crippen molar-refractivity contribution in [3.63, 3.8) is 0 Å². The van der Waals surface area contributed by atoms with Gasteiger partial charge in [0.15, 0.2) is 0 Å². The standard InChI is InChI=1S/C22H18N2O2S2/c23-14-16-6-1-2-7-17(16)15-27-13-11-24-22(26)19-9-4-3-8-18(19)21(25)20-10-5-12-28-20/h1-10,12H,11,13,15H2,(H,24,26). The molecule has 1 aromatic heterocycles. The van der Waals surface area contributed by atoms with Crippen LogP contribution in [0, 0.1) is 11.3 Å². The first-order valence-electron chi connectivity index (χ1n) is 8.72. The molecular weight excluding hydrogens is 388 g/mol. The van der Waals surface area contributed by atoms with Crippen LogP contribution in [-0.2, 0) is 5.75 Å². The van der Waals surface area contributed by atoms with Crippen LogP contribution < -0.4 is 5.32 Å². The molecule has 0 saturated heterocycles. The van der Waals surface area contributed by atoms with E-state index in [2.05, 4.69) is 11.4 Å². The number of nitrogens with zero attached hydrogens (tertiary/aromatic N) is 1. The Hall–Kier alpha value is -2.88. The van der Waals surface area contributed by atoms with Gasteiger partial charge in [-0.1, -0.05) is 42.5 Å². The summed E-state index contributed by atoms with van der Waals surface area (Å²) in [6, 6.07) is 20.2. The first-order chi connectivity index (χ1) is 13.7. The molecule has 0 bridgehead atoms. The van der Waals surface area contributed by atoms with Gasteiger partial charge in [-0.3, -0.25) is 9.59 Å². The summed E-state index contributed by atoms with van der Waals surface area (Å²) < 4.78 is 0. The van der Waals surface area contributed by atoms with Crippen molar-refractivity contribution < 1.29 is 9.59 Å². The summed E-state index contributed by atoms with van der Waals surface area (Å²) in [6.45, 7) is 0.486. The van der Waals surface area contributed by atoms with Gasteiger partial charge in [-0.15, -0.1) is 11.3 Å². The number of carbonyl (C=O) groups excluding carboxylic acids is 2. The highest BCUT2D eigenvalue weighted by Crippen LogP contribution is 2.19. The zero-order chi connectivity index (χ0) is 19.8. The molecular formula is C22H18N2O2S2. The van der Waals surface area contributed by atoms with Crippen LogP contribution in [0.3, 0.4) is 0 Å². The number of ketones is 1. The summed E-state index contributed by atoms with van der Waals surface area (Å²) in [7, 11) is 0. The Morgan fingerprint density at radius 1 is 1.00 bits per heavy atom. The number of nitrogens with one attached hydrogen (secondary N) is 1. The highest BCUT2D eigenvalue weighted by molar-refractivity contribution is 7.98. The number of benzene rings is 2. The lowest BCUT2D eigenvalue weighted by Gasteiger charge is -2.09. The maximum absolute atomic E-state index is 12.6. The van der Waals surface area contributed by atoms with Crippen LogP contribution in [0.1, 0.15) is 36.7 Å². The Morgan fingerprint density at radius 3 is 2.50 bits per heavy atom. The Kier molecular flexibility index (Phi) is 7.01. The SMILES string of the molecule is N#Cc1ccccc1CSCCNC(=O)c1ccccc1C(=O)c1cccs1. The summed E-state index contributed by atoms with van der Waals surface area (Å²) >= 11 is 3.01. The molecule has 0 aliphatic carbocycles. The van der Waals surface area contributed by atoms with Crippen molar-refractivity contribution in [3.05, 3.63) is 93.2 Å². The van der Waals surface area contributed by atoms with Gasteiger partial charge in [0.05, 0.1) is 22.1 Å². The van der Waals surface area contributed by atoms with E-state index in [1.165, 1.54) is 11.3 Å². The third-order valence-corrected chi connectivity index (χ3v) is 5.97. The third-order valence-electron chi connectivity index (χ3n) is 4.09. The molecule has 140 valence electrons. The summed E-state index contributed by atoms with van der Waals surface area (Å²) in [5.41, 5.74) is 2.48. The fourth-order valence-corrected chi connectivity index (χ4v) is 4.23. The van der Waals surface area contributed by atoms with Crippen LogP contribution in [0.25, 0.3) is 0 Å². The summed E-state index contributed by atoms with van der Waals surface area (Å²) in [5.74, 6) is 1.04. The number of hydrogen-bond acceptors (Lipinski definition) is 5. The fraction of sp³-hybridized carbons (Fsp3) is 0.136. The van der Waals surface area contributed by atoms with E-state index in [9.17, 15) is 9.59 Å². The minimum absolute atomic E-state index is 0.136. The molecule has 0 unspecified atom stereocenters. The largest absolute Gasteiger partial charge is 0.351 e. The highest BCUT2D eigenvalue weighted by Gasteiger charge is 2.18. The van der Waals surface area contributed by atoms with E-state index in [-0.39, 0.29) is 11.7 Å². The smallest absolute Gasteiger partial charge is 0.252 e. The second-order valence-corrected chi connectivity index (χ2v) is 7.98. The first kappa shape index (κ1) is 19.9. The van der Waals surface area contributed by atoms with Gasteiger partial charge in [-0.2, -0.15) is 17.0 Å².